The highest BCUT2D eigenvalue weighted by Gasteiger charge is 2.01. The summed E-state index contributed by atoms with van der Waals surface area (Å²) < 4.78 is 11.4. The van der Waals surface area contributed by atoms with Crippen LogP contribution in [-0.4, -0.2) is 35.1 Å². The summed E-state index contributed by atoms with van der Waals surface area (Å²) in [4.78, 5) is 0. The summed E-state index contributed by atoms with van der Waals surface area (Å²) in [5.74, 6) is 1.62. The third-order valence-corrected chi connectivity index (χ3v) is 4.17. The van der Waals surface area contributed by atoms with E-state index in [1.54, 1.807) is 13.8 Å². The van der Waals surface area contributed by atoms with Crippen LogP contribution in [0.1, 0.15) is 44.2 Å². The van der Waals surface area contributed by atoms with Gasteiger partial charge in [0.05, 0.1) is 24.6 Å². The van der Waals surface area contributed by atoms with Crippen LogP contribution in [0, 0.1) is 0 Å². The SMILES string of the molecule is C/C(=N/O)c1ccc(OCCCCCOc2ccc(/C(C)=N\O)cc2)cc1. The second-order valence-electron chi connectivity index (χ2n) is 6.18. The predicted molar refractivity (Wildman–Crippen MR) is 106 cm³/mol. The van der Waals surface area contributed by atoms with Crippen LogP contribution in [0.15, 0.2) is 58.8 Å². The molecule has 144 valence electrons. The molecule has 0 amide bonds. The Morgan fingerprint density at radius 2 is 1.04 bits per heavy atom. The Labute approximate surface area is 159 Å². The minimum Gasteiger partial charge on any atom is -0.494 e. The van der Waals surface area contributed by atoms with Crippen molar-refractivity contribution < 1.29 is 19.9 Å². The topological polar surface area (TPSA) is 83.6 Å². The number of ether oxygens (including phenoxy) is 2. The zero-order valence-electron chi connectivity index (χ0n) is 15.8. The van der Waals surface area contributed by atoms with Crippen LogP contribution >= 0.6 is 0 Å². The van der Waals surface area contributed by atoms with Gasteiger partial charge in [0, 0.05) is 0 Å². The van der Waals surface area contributed by atoms with Gasteiger partial charge in [0.25, 0.3) is 0 Å². The number of unbranched alkanes of at least 4 members (excludes halogenated alkanes) is 2. The third kappa shape index (κ3) is 6.66. The Morgan fingerprint density at radius 1 is 0.667 bits per heavy atom. The molecule has 2 aromatic rings. The van der Waals surface area contributed by atoms with Crippen molar-refractivity contribution >= 4 is 11.4 Å². The lowest BCUT2D eigenvalue weighted by atomic mass is 10.1. The normalized spacial score (nSPS) is 12.1. The quantitative estimate of drug-likeness (QED) is 0.274. The molecule has 0 aromatic heterocycles. The maximum Gasteiger partial charge on any atom is 0.119 e. The zero-order chi connectivity index (χ0) is 19.5. The average Bonchev–Trinajstić information content (AvgIpc) is 2.72. The van der Waals surface area contributed by atoms with Crippen LogP contribution in [-0.2, 0) is 0 Å². The van der Waals surface area contributed by atoms with E-state index in [9.17, 15) is 0 Å². The molecule has 2 N–H and O–H groups in total. The number of hydrogen-bond acceptors (Lipinski definition) is 6. The summed E-state index contributed by atoms with van der Waals surface area (Å²) in [7, 11) is 0. The molecular weight excluding hydrogens is 344 g/mol. The number of benzene rings is 2. The van der Waals surface area contributed by atoms with E-state index in [4.69, 9.17) is 19.9 Å². The molecule has 0 spiro atoms. The van der Waals surface area contributed by atoms with E-state index >= 15 is 0 Å². The van der Waals surface area contributed by atoms with Crippen LogP contribution in [0.25, 0.3) is 0 Å². The molecule has 0 radical (unpaired) electrons. The molecule has 0 bridgehead atoms. The van der Waals surface area contributed by atoms with E-state index < -0.39 is 0 Å². The van der Waals surface area contributed by atoms with Crippen molar-refractivity contribution in [1.82, 2.24) is 0 Å². The van der Waals surface area contributed by atoms with Crippen molar-refractivity contribution in [3.05, 3.63) is 59.7 Å². The van der Waals surface area contributed by atoms with E-state index in [0.717, 1.165) is 41.9 Å². The first-order valence-electron chi connectivity index (χ1n) is 8.98. The molecule has 0 saturated carbocycles. The lowest BCUT2D eigenvalue weighted by Gasteiger charge is -2.08. The first-order valence-corrected chi connectivity index (χ1v) is 8.98. The van der Waals surface area contributed by atoms with E-state index in [-0.39, 0.29) is 0 Å². The summed E-state index contributed by atoms with van der Waals surface area (Å²) in [6.07, 6.45) is 2.92. The Kier molecular flexibility index (Phi) is 8.16. The number of oxime groups is 2. The van der Waals surface area contributed by atoms with Gasteiger partial charge in [0.15, 0.2) is 0 Å². The highest BCUT2D eigenvalue weighted by atomic mass is 16.5. The van der Waals surface area contributed by atoms with E-state index in [1.165, 1.54) is 0 Å². The molecule has 2 rings (SSSR count). The van der Waals surface area contributed by atoms with Gasteiger partial charge in [0.2, 0.25) is 0 Å². The molecule has 2 aromatic carbocycles. The minimum absolute atomic E-state index is 0.577. The maximum absolute atomic E-state index is 8.75. The Hall–Kier alpha value is -3.02. The fraction of sp³-hybridized carbons (Fsp3) is 0.333. The standard InChI is InChI=1S/C21H26N2O4/c1-16(22-24)18-6-10-20(11-7-18)26-14-4-3-5-15-27-21-12-8-19(9-13-21)17(2)23-25/h6-13,24-25H,3-5,14-15H2,1-2H3/b22-16-,23-17-. The largest absolute Gasteiger partial charge is 0.494 e. The lowest BCUT2D eigenvalue weighted by Crippen LogP contribution is -2.02. The molecule has 27 heavy (non-hydrogen) atoms. The van der Waals surface area contributed by atoms with E-state index in [1.807, 2.05) is 48.5 Å². The summed E-state index contributed by atoms with van der Waals surface area (Å²) in [5.41, 5.74) is 2.89. The van der Waals surface area contributed by atoms with Gasteiger partial charge < -0.3 is 19.9 Å². The smallest absolute Gasteiger partial charge is 0.119 e. The van der Waals surface area contributed by atoms with Crippen LogP contribution in [0.2, 0.25) is 0 Å². The summed E-state index contributed by atoms with van der Waals surface area (Å²) in [5, 5.41) is 23.9. The van der Waals surface area contributed by atoms with Crippen LogP contribution in [0.3, 0.4) is 0 Å². The molecule has 0 aliphatic carbocycles. The molecule has 0 aliphatic heterocycles. The van der Waals surface area contributed by atoms with Gasteiger partial charge in [-0.1, -0.05) is 10.3 Å². The molecule has 6 heteroatoms. The van der Waals surface area contributed by atoms with Crippen LogP contribution in [0.4, 0.5) is 0 Å². The molecule has 0 saturated heterocycles. The van der Waals surface area contributed by atoms with Gasteiger partial charge in [-0.2, -0.15) is 0 Å². The molecule has 0 fully saturated rings. The fourth-order valence-electron chi connectivity index (χ4n) is 2.46. The number of hydrogen-bond donors (Lipinski definition) is 2. The van der Waals surface area contributed by atoms with Gasteiger partial charge in [0.1, 0.15) is 11.5 Å². The molecule has 0 aliphatic rings. The van der Waals surface area contributed by atoms with Gasteiger partial charge >= 0.3 is 0 Å². The minimum atomic E-state index is 0.577. The van der Waals surface area contributed by atoms with Crippen LogP contribution < -0.4 is 9.47 Å². The highest BCUT2D eigenvalue weighted by molar-refractivity contribution is 5.98. The van der Waals surface area contributed by atoms with E-state index in [2.05, 4.69) is 10.3 Å². The Balaban J connectivity index is 1.59. The lowest BCUT2D eigenvalue weighted by molar-refractivity contribution is 0.279. The van der Waals surface area contributed by atoms with Crippen molar-refractivity contribution in [2.24, 2.45) is 10.3 Å². The van der Waals surface area contributed by atoms with Crippen LogP contribution in [0.5, 0.6) is 11.5 Å². The summed E-state index contributed by atoms with van der Waals surface area (Å²) in [6, 6.07) is 15.0. The Bertz CT molecular complexity index is 687. The third-order valence-electron chi connectivity index (χ3n) is 4.17. The first-order chi connectivity index (χ1) is 13.1. The monoisotopic (exact) mass is 370 g/mol. The second kappa shape index (κ2) is 10.9. The maximum atomic E-state index is 8.75. The first kappa shape index (κ1) is 20.3. The predicted octanol–water partition coefficient (Wildman–Crippen LogP) is 4.71. The van der Waals surface area contributed by atoms with Crippen molar-refractivity contribution in [3.63, 3.8) is 0 Å². The summed E-state index contributed by atoms with van der Waals surface area (Å²) in [6.45, 7) is 4.80. The van der Waals surface area contributed by atoms with Crippen molar-refractivity contribution in [2.75, 3.05) is 13.2 Å². The molecule has 0 atom stereocenters. The van der Waals surface area contributed by atoms with Crippen molar-refractivity contribution in [3.8, 4) is 11.5 Å². The van der Waals surface area contributed by atoms with Gasteiger partial charge in [-0.05, 0) is 92.8 Å². The van der Waals surface area contributed by atoms with Gasteiger partial charge in [-0.3, -0.25) is 0 Å². The molecule has 0 heterocycles. The van der Waals surface area contributed by atoms with Crippen molar-refractivity contribution in [2.45, 2.75) is 33.1 Å². The Morgan fingerprint density at radius 3 is 1.37 bits per heavy atom. The van der Waals surface area contributed by atoms with Crippen molar-refractivity contribution in [1.29, 1.82) is 0 Å². The summed E-state index contributed by atoms with van der Waals surface area (Å²) >= 11 is 0. The van der Waals surface area contributed by atoms with Gasteiger partial charge in [-0.25, -0.2) is 0 Å². The second-order valence-corrected chi connectivity index (χ2v) is 6.18. The highest BCUT2D eigenvalue weighted by Crippen LogP contribution is 2.15. The average molecular weight is 370 g/mol. The molecular formula is C21H26N2O4. The number of rotatable bonds is 10. The number of nitrogens with zero attached hydrogens (tertiary/aromatic N) is 2. The molecule has 0 unspecified atom stereocenters. The fourth-order valence-corrected chi connectivity index (χ4v) is 2.46. The zero-order valence-corrected chi connectivity index (χ0v) is 15.8. The van der Waals surface area contributed by atoms with Gasteiger partial charge in [-0.15, -0.1) is 0 Å². The molecule has 6 nitrogen and oxygen atoms in total. The van der Waals surface area contributed by atoms with E-state index in [0.29, 0.717) is 24.6 Å².